The van der Waals surface area contributed by atoms with Crippen LogP contribution in [-0.4, -0.2) is 35.0 Å². The predicted octanol–water partition coefficient (Wildman–Crippen LogP) is 3.33. The summed E-state index contributed by atoms with van der Waals surface area (Å²) in [6.07, 6.45) is 2.45. The summed E-state index contributed by atoms with van der Waals surface area (Å²) in [5, 5.41) is 9.10. The van der Waals surface area contributed by atoms with Crippen molar-refractivity contribution in [2.45, 2.75) is 32.1 Å². The summed E-state index contributed by atoms with van der Waals surface area (Å²) in [7, 11) is 0. The van der Waals surface area contributed by atoms with E-state index in [9.17, 15) is 9.59 Å². The molecule has 1 aliphatic carbocycles. The van der Waals surface area contributed by atoms with Crippen molar-refractivity contribution >= 4 is 39.1 Å². The van der Waals surface area contributed by atoms with Gasteiger partial charge in [-0.15, -0.1) is 11.3 Å². The van der Waals surface area contributed by atoms with E-state index in [1.165, 1.54) is 0 Å². The van der Waals surface area contributed by atoms with E-state index < -0.39 is 5.97 Å². The van der Waals surface area contributed by atoms with Crippen LogP contribution in [0.1, 0.15) is 37.0 Å². The fourth-order valence-electron chi connectivity index (χ4n) is 3.38. The van der Waals surface area contributed by atoms with E-state index in [1.807, 2.05) is 24.0 Å². The van der Waals surface area contributed by atoms with Gasteiger partial charge in [-0.1, -0.05) is 0 Å². The zero-order chi connectivity index (χ0) is 15.2. The van der Waals surface area contributed by atoms with Crippen molar-refractivity contribution in [1.29, 1.82) is 0 Å². The van der Waals surface area contributed by atoms with Crippen LogP contribution in [0.4, 0.5) is 0 Å². The molecule has 6 heteroatoms. The van der Waals surface area contributed by atoms with Crippen LogP contribution in [-0.2, 0) is 9.59 Å². The van der Waals surface area contributed by atoms with Gasteiger partial charge in [0, 0.05) is 18.0 Å². The number of hydrogen-bond donors (Lipinski definition) is 1. The quantitative estimate of drug-likeness (QED) is 0.886. The molecule has 0 bridgehead atoms. The fourth-order valence-corrected chi connectivity index (χ4v) is 4.85. The van der Waals surface area contributed by atoms with E-state index in [2.05, 4.69) is 15.9 Å². The SMILES string of the molecule is CC(C(=O)N1CCC2(CC1)CC2C(=O)O)c1ccc(Br)s1. The number of likely N-dealkylation sites (tertiary alicyclic amines) is 1. The Morgan fingerprint density at radius 3 is 2.57 bits per heavy atom. The Kier molecular flexibility index (Phi) is 3.86. The van der Waals surface area contributed by atoms with Crippen molar-refractivity contribution in [3.8, 4) is 0 Å². The minimum absolute atomic E-state index is 0.0161. The summed E-state index contributed by atoms with van der Waals surface area (Å²) in [4.78, 5) is 26.6. The van der Waals surface area contributed by atoms with Crippen molar-refractivity contribution in [1.82, 2.24) is 4.90 Å². The second-order valence-electron chi connectivity index (χ2n) is 6.15. The molecule has 0 radical (unpaired) electrons. The number of carboxylic acids is 1. The van der Waals surface area contributed by atoms with Crippen LogP contribution in [0.2, 0.25) is 0 Å². The minimum atomic E-state index is -0.674. The molecule has 1 aliphatic heterocycles. The highest BCUT2D eigenvalue weighted by Gasteiger charge is 2.59. The van der Waals surface area contributed by atoms with Crippen LogP contribution in [0.3, 0.4) is 0 Å². The Morgan fingerprint density at radius 2 is 2.10 bits per heavy atom. The van der Waals surface area contributed by atoms with E-state index in [4.69, 9.17) is 5.11 Å². The molecule has 4 nitrogen and oxygen atoms in total. The van der Waals surface area contributed by atoms with E-state index >= 15 is 0 Å². The molecule has 114 valence electrons. The summed E-state index contributed by atoms with van der Waals surface area (Å²) >= 11 is 5.02. The number of rotatable bonds is 3. The van der Waals surface area contributed by atoms with Gasteiger partial charge >= 0.3 is 5.97 Å². The second kappa shape index (κ2) is 5.39. The van der Waals surface area contributed by atoms with Crippen LogP contribution in [0.25, 0.3) is 0 Å². The Hall–Kier alpha value is -0.880. The van der Waals surface area contributed by atoms with E-state index in [-0.39, 0.29) is 23.2 Å². The van der Waals surface area contributed by atoms with Crippen molar-refractivity contribution in [3.05, 3.63) is 20.8 Å². The lowest BCUT2D eigenvalue weighted by Gasteiger charge is -2.34. The van der Waals surface area contributed by atoms with Gasteiger partial charge in [0.15, 0.2) is 0 Å². The van der Waals surface area contributed by atoms with Gasteiger partial charge in [0.2, 0.25) is 5.91 Å². The maximum atomic E-state index is 12.6. The Bertz CT molecular complexity index is 577. The highest BCUT2D eigenvalue weighted by molar-refractivity contribution is 9.11. The number of amides is 1. The number of hydrogen-bond acceptors (Lipinski definition) is 3. The average Bonchev–Trinajstić information content (AvgIpc) is 2.99. The zero-order valence-electron chi connectivity index (χ0n) is 11.8. The topological polar surface area (TPSA) is 57.6 Å². The smallest absolute Gasteiger partial charge is 0.307 e. The maximum absolute atomic E-state index is 12.6. The number of carbonyl (C=O) groups is 2. The Labute approximate surface area is 136 Å². The molecule has 1 amide bonds. The van der Waals surface area contributed by atoms with Crippen molar-refractivity contribution in [2.24, 2.45) is 11.3 Å². The molecule has 0 aromatic carbocycles. The second-order valence-corrected chi connectivity index (χ2v) is 8.64. The maximum Gasteiger partial charge on any atom is 0.307 e. The van der Waals surface area contributed by atoms with Gasteiger partial charge in [0.05, 0.1) is 15.6 Å². The molecule has 1 saturated carbocycles. The number of aliphatic carboxylic acids is 1. The normalized spacial score (nSPS) is 24.9. The van der Waals surface area contributed by atoms with Gasteiger partial charge < -0.3 is 10.0 Å². The molecule has 2 unspecified atom stereocenters. The highest BCUT2D eigenvalue weighted by atomic mass is 79.9. The third kappa shape index (κ3) is 2.75. The molecule has 2 atom stereocenters. The van der Waals surface area contributed by atoms with E-state index in [0.717, 1.165) is 27.9 Å². The first-order chi connectivity index (χ1) is 9.93. The van der Waals surface area contributed by atoms with Crippen molar-refractivity contribution in [2.75, 3.05) is 13.1 Å². The van der Waals surface area contributed by atoms with Gasteiger partial charge in [0.25, 0.3) is 0 Å². The summed E-state index contributed by atoms with van der Waals surface area (Å²) in [5.41, 5.74) is -0.0161. The van der Waals surface area contributed by atoms with Crippen LogP contribution < -0.4 is 0 Å². The van der Waals surface area contributed by atoms with Gasteiger partial charge in [-0.2, -0.15) is 0 Å². The summed E-state index contributed by atoms with van der Waals surface area (Å²) in [5.74, 6) is -0.816. The van der Waals surface area contributed by atoms with Crippen LogP contribution >= 0.6 is 27.3 Å². The number of carbonyl (C=O) groups excluding carboxylic acids is 1. The molecule has 21 heavy (non-hydrogen) atoms. The molecular formula is C15H18BrNO3S. The number of halogens is 1. The molecular weight excluding hydrogens is 354 g/mol. The largest absolute Gasteiger partial charge is 0.481 e. The third-order valence-electron chi connectivity index (χ3n) is 4.95. The first-order valence-electron chi connectivity index (χ1n) is 7.20. The number of carboxylic acid groups (broad SMARTS) is 1. The fraction of sp³-hybridized carbons (Fsp3) is 0.600. The van der Waals surface area contributed by atoms with Crippen molar-refractivity contribution in [3.63, 3.8) is 0 Å². The lowest BCUT2D eigenvalue weighted by Crippen LogP contribution is -2.41. The molecule has 1 saturated heterocycles. The molecule has 2 fully saturated rings. The number of piperidine rings is 1. The molecule has 3 rings (SSSR count). The standard InChI is InChI=1S/C15H18BrNO3S/c1-9(11-2-3-12(16)21-11)13(18)17-6-4-15(5-7-17)8-10(15)14(19)20/h2-3,9-10H,4-8H2,1H3,(H,19,20). The summed E-state index contributed by atoms with van der Waals surface area (Å²) in [6, 6.07) is 3.96. The van der Waals surface area contributed by atoms with Gasteiger partial charge in [-0.3, -0.25) is 9.59 Å². The van der Waals surface area contributed by atoms with Crippen LogP contribution in [0, 0.1) is 11.3 Å². The van der Waals surface area contributed by atoms with E-state index in [1.54, 1.807) is 11.3 Å². The number of thiophene rings is 1. The predicted molar refractivity (Wildman–Crippen MR) is 84.4 cm³/mol. The average molecular weight is 372 g/mol. The van der Waals surface area contributed by atoms with Gasteiger partial charge in [-0.25, -0.2) is 0 Å². The number of nitrogens with zero attached hydrogens (tertiary/aromatic N) is 1. The molecule has 1 aromatic heterocycles. The first kappa shape index (κ1) is 15.0. The molecule has 2 heterocycles. The molecule has 1 N–H and O–H groups in total. The minimum Gasteiger partial charge on any atom is -0.481 e. The highest BCUT2D eigenvalue weighted by Crippen LogP contribution is 2.59. The van der Waals surface area contributed by atoms with Gasteiger partial charge in [0.1, 0.15) is 0 Å². The van der Waals surface area contributed by atoms with Crippen molar-refractivity contribution < 1.29 is 14.7 Å². The zero-order valence-corrected chi connectivity index (χ0v) is 14.2. The van der Waals surface area contributed by atoms with Crippen LogP contribution in [0.15, 0.2) is 15.9 Å². The van der Waals surface area contributed by atoms with Gasteiger partial charge in [-0.05, 0) is 59.7 Å². The molecule has 1 aromatic rings. The molecule has 1 spiro atoms. The Morgan fingerprint density at radius 1 is 1.43 bits per heavy atom. The summed E-state index contributed by atoms with van der Waals surface area (Å²) in [6.45, 7) is 3.33. The summed E-state index contributed by atoms with van der Waals surface area (Å²) < 4.78 is 1.04. The third-order valence-corrected chi connectivity index (χ3v) is 6.76. The van der Waals surface area contributed by atoms with Crippen LogP contribution in [0.5, 0.6) is 0 Å². The molecule has 2 aliphatic rings. The lowest BCUT2D eigenvalue weighted by atomic mass is 9.90. The van der Waals surface area contributed by atoms with E-state index in [0.29, 0.717) is 13.1 Å². The monoisotopic (exact) mass is 371 g/mol. The first-order valence-corrected chi connectivity index (χ1v) is 8.81. The Balaban J connectivity index is 1.60. The lowest BCUT2D eigenvalue weighted by molar-refractivity contribution is -0.140.